The average Bonchev–Trinajstić information content (AvgIpc) is 2.47. The minimum atomic E-state index is 0.199. The van der Waals surface area contributed by atoms with Gasteiger partial charge in [0.1, 0.15) is 5.75 Å². The van der Waals surface area contributed by atoms with E-state index in [0.29, 0.717) is 6.61 Å². The van der Waals surface area contributed by atoms with Gasteiger partial charge in [-0.2, -0.15) is 0 Å². The molecule has 0 spiro atoms. The normalized spacial score (nSPS) is 12.2. The van der Waals surface area contributed by atoms with Crippen molar-refractivity contribution < 1.29 is 4.74 Å². The molecule has 0 aliphatic heterocycles. The molecule has 0 heterocycles. The molecule has 0 saturated heterocycles. The summed E-state index contributed by atoms with van der Waals surface area (Å²) in [5.74, 6) is 0.949. The van der Waals surface area contributed by atoms with E-state index in [0.717, 1.165) is 17.2 Å². The molecule has 0 saturated carbocycles. The molecule has 2 aromatic rings. The molecule has 3 heteroatoms. The van der Waals surface area contributed by atoms with Crippen LogP contribution < -0.4 is 10.1 Å². The van der Waals surface area contributed by atoms with Gasteiger partial charge in [0.2, 0.25) is 0 Å². The number of likely N-dealkylation sites (N-methyl/N-ethyl adjacent to an activating group) is 1. The van der Waals surface area contributed by atoms with Crippen LogP contribution in [-0.2, 0) is 6.42 Å². The van der Waals surface area contributed by atoms with Gasteiger partial charge >= 0.3 is 0 Å². The first kappa shape index (κ1) is 15.9. The molecule has 1 atom stereocenters. The van der Waals surface area contributed by atoms with Crippen LogP contribution in [0, 0.1) is 6.92 Å². The van der Waals surface area contributed by atoms with Crippen molar-refractivity contribution >= 4 is 11.6 Å². The van der Waals surface area contributed by atoms with Crippen LogP contribution in [0.3, 0.4) is 0 Å². The first-order valence-electron chi connectivity index (χ1n) is 7.29. The highest BCUT2D eigenvalue weighted by molar-refractivity contribution is 6.30. The van der Waals surface area contributed by atoms with Gasteiger partial charge in [-0.25, -0.2) is 0 Å². The summed E-state index contributed by atoms with van der Waals surface area (Å²) in [7, 11) is 1.98. The van der Waals surface area contributed by atoms with Crippen LogP contribution in [0.25, 0.3) is 0 Å². The van der Waals surface area contributed by atoms with Gasteiger partial charge in [-0.1, -0.05) is 41.4 Å². The second kappa shape index (κ2) is 7.48. The van der Waals surface area contributed by atoms with E-state index in [9.17, 15) is 0 Å². The lowest BCUT2D eigenvalue weighted by Crippen LogP contribution is -2.20. The zero-order valence-electron chi connectivity index (χ0n) is 12.8. The van der Waals surface area contributed by atoms with Crippen molar-refractivity contribution in [1.29, 1.82) is 0 Å². The van der Waals surface area contributed by atoms with E-state index >= 15 is 0 Å². The molecule has 0 fully saturated rings. The van der Waals surface area contributed by atoms with Crippen LogP contribution in [-0.4, -0.2) is 13.7 Å². The number of benzene rings is 2. The second-order valence-electron chi connectivity index (χ2n) is 5.15. The third-order valence-electron chi connectivity index (χ3n) is 3.52. The minimum absolute atomic E-state index is 0.199. The van der Waals surface area contributed by atoms with Crippen molar-refractivity contribution in [1.82, 2.24) is 5.32 Å². The zero-order valence-corrected chi connectivity index (χ0v) is 13.6. The lowest BCUT2D eigenvalue weighted by Gasteiger charge is -2.21. The number of halogens is 1. The summed E-state index contributed by atoms with van der Waals surface area (Å²) in [6.07, 6.45) is 0.876. The maximum Gasteiger partial charge on any atom is 0.124 e. The predicted octanol–water partition coefficient (Wildman–Crippen LogP) is 4.55. The van der Waals surface area contributed by atoms with E-state index in [1.165, 1.54) is 16.7 Å². The van der Waals surface area contributed by atoms with Crippen LogP contribution in [0.2, 0.25) is 5.02 Å². The summed E-state index contributed by atoms with van der Waals surface area (Å²) in [6.45, 7) is 4.78. The van der Waals surface area contributed by atoms with E-state index in [4.69, 9.17) is 16.3 Å². The van der Waals surface area contributed by atoms with E-state index in [2.05, 4.69) is 36.5 Å². The van der Waals surface area contributed by atoms with E-state index in [1.54, 1.807) is 0 Å². The Hall–Kier alpha value is -1.51. The van der Waals surface area contributed by atoms with Crippen molar-refractivity contribution in [2.45, 2.75) is 26.3 Å². The Morgan fingerprint density at radius 1 is 1.19 bits per heavy atom. The Balaban J connectivity index is 2.30. The molecule has 0 aliphatic rings. The lowest BCUT2D eigenvalue weighted by molar-refractivity contribution is 0.332. The first-order valence-corrected chi connectivity index (χ1v) is 7.67. The van der Waals surface area contributed by atoms with Gasteiger partial charge in [-0.3, -0.25) is 0 Å². The monoisotopic (exact) mass is 303 g/mol. The standard InChI is InChI=1S/C18H22ClNO/c1-4-21-18-9-8-13(2)10-16(18)17(20-3)12-14-6-5-7-15(19)11-14/h5-11,17,20H,4,12H2,1-3H3. The highest BCUT2D eigenvalue weighted by atomic mass is 35.5. The molecule has 21 heavy (non-hydrogen) atoms. The number of ether oxygens (including phenoxy) is 1. The maximum atomic E-state index is 6.08. The summed E-state index contributed by atoms with van der Waals surface area (Å²) < 4.78 is 5.77. The Morgan fingerprint density at radius 3 is 2.67 bits per heavy atom. The van der Waals surface area contributed by atoms with Gasteiger partial charge in [-0.15, -0.1) is 0 Å². The third kappa shape index (κ3) is 4.23. The first-order chi connectivity index (χ1) is 10.1. The number of hydrogen-bond acceptors (Lipinski definition) is 2. The second-order valence-corrected chi connectivity index (χ2v) is 5.59. The number of aryl methyl sites for hydroxylation is 1. The van der Waals surface area contributed by atoms with Gasteiger partial charge < -0.3 is 10.1 Å². The highest BCUT2D eigenvalue weighted by Gasteiger charge is 2.15. The zero-order chi connectivity index (χ0) is 15.2. The van der Waals surface area contributed by atoms with Crippen molar-refractivity contribution in [2.24, 2.45) is 0 Å². The smallest absolute Gasteiger partial charge is 0.124 e. The van der Waals surface area contributed by atoms with Crippen molar-refractivity contribution in [3.8, 4) is 5.75 Å². The van der Waals surface area contributed by atoms with E-state index < -0.39 is 0 Å². The summed E-state index contributed by atoms with van der Waals surface area (Å²) in [5, 5.41) is 4.16. The van der Waals surface area contributed by atoms with Gasteiger partial charge in [-0.05, 0) is 51.1 Å². The van der Waals surface area contributed by atoms with Gasteiger partial charge in [0.15, 0.2) is 0 Å². The Morgan fingerprint density at radius 2 is 2.00 bits per heavy atom. The van der Waals surface area contributed by atoms with Crippen LogP contribution >= 0.6 is 11.6 Å². The molecule has 2 nitrogen and oxygen atoms in total. The van der Waals surface area contributed by atoms with Crippen molar-refractivity contribution in [2.75, 3.05) is 13.7 Å². The molecule has 1 unspecified atom stereocenters. The van der Waals surface area contributed by atoms with Crippen LogP contribution in [0.5, 0.6) is 5.75 Å². The number of nitrogens with one attached hydrogen (secondary N) is 1. The number of hydrogen-bond donors (Lipinski definition) is 1. The molecule has 0 aliphatic carbocycles. The topological polar surface area (TPSA) is 21.3 Å². The van der Waals surface area contributed by atoms with Crippen molar-refractivity contribution in [3.05, 3.63) is 64.2 Å². The van der Waals surface area contributed by atoms with Crippen molar-refractivity contribution in [3.63, 3.8) is 0 Å². The molecule has 0 bridgehead atoms. The summed E-state index contributed by atoms with van der Waals surface area (Å²) in [5.41, 5.74) is 3.64. The predicted molar refractivity (Wildman–Crippen MR) is 89.3 cm³/mol. The Bertz CT molecular complexity index is 598. The molecule has 0 amide bonds. The lowest BCUT2D eigenvalue weighted by atomic mass is 9.97. The fourth-order valence-electron chi connectivity index (χ4n) is 2.49. The molecule has 2 aromatic carbocycles. The van der Waals surface area contributed by atoms with Crippen LogP contribution in [0.4, 0.5) is 0 Å². The van der Waals surface area contributed by atoms with Gasteiger partial charge in [0.05, 0.1) is 6.61 Å². The Labute approximate surface area is 132 Å². The molecule has 2 rings (SSSR count). The summed E-state index contributed by atoms with van der Waals surface area (Å²) in [4.78, 5) is 0. The van der Waals surface area contributed by atoms with E-state index in [-0.39, 0.29) is 6.04 Å². The molecule has 0 radical (unpaired) electrons. The molecular weight excluding hydrogens is 282 g/mol. The van der Waals surface area contributed by atoms with Crippen LogP contribution in [0.1, 0.15) is 29.7 Å². The fraction of sp³-hybridized carbons (Fsp3) is 0.333. The summed E-state index contributed by atoms with van der Waals surface area (Å²) in [6, 6.07) is 14.5. The van der Waals surface area contributed by atoms with Gasteiger partial charge in [0.25, 0.3) is 0 Å². The average molecular weight is 304 g/mol. The maximum absolute atomic E-state index is 6.08. The molecule has 0 aromatic heterocycles. The largest absolute Gasteiger partial charge is 0.494 e. The van der Waals surface area contributed by atoms with E-state index in [1.807, 2.05) is 32.2 Å². The quantitative estimate of drug-likeness (QED) is 0.845. The van der Waals surface area contributed by atoms with Gasteiger partial charge in [0, 0.05) is 16.6 Å². The molecule has 1 N–H and O–H groups in total. The highest BCUT2D eigenvalue weighted by Crippen LogP contribution is 2.29. The Kier molecular flexibility index (Phi) is 5.66. The SMILES string of the molecule is CCOc1ccc(C)cc1C(Cc1cccc(Cl)c1)NC. The molecular formula is C18H22ClNO. The minimum Gasteiger partial charge on any atom is -0.494 e. The third-order valence-corrected chi connectivity index (χ3v) is 3.75. The molecule has 112 valence electrons. The van der Waals surface area contributed by atoms with Crippen LogP contribution in [0.15, 0.2) is 42.5 Å². The summed E-state index contributed by atoms with van der Waals surface area (Å²) >= 11 is 6.08. The fourth-order valence-corrected chi connectivity index (χ4v) is 2.71. The number of rotatable bonds is 6.